The van der Waals surface area contributed by atoms with E-state index < -0.39 is 0 Å². The van der Waals surface area contributed by atoms with Crippen molar-refractivity contribution < 1.29 is 4.74 Å². The Morgan fingerprint density at radius 1 is 1.28 bits per heavy atom. The maximum Gasteiger partial charge on any atom is 0.0623 e. The molecular weight excluding hydrogens is 246 g/mol. The van der Waals surface area contributed by atoms with Crippen molar-refractivity contribution in [3.05, 3.63) is 34.9 Å². The molecule has 1 aromatic carbocycles. The Morgan fingerprint density at radius 2 is 1.89 bits per heavy atom. The topological polar surface area (TPSA) is 21.3 Å². The standard InChI is InChI=1S/C15H22ClNO/c1-14(2,18-3)8-9-15(10-17-11-15)12-4-6-13(16)7-5-12/h4-7,17H,8-11H2,1-3H3. The van der Waals surface area contributed by atoms with E-state index in [9.17, 15) is 0 Å². The summed E-state index contributed by atoms with van der Waals surface area (Å²) in [6.07, 6.45) is 2.20. The van der Waals surface area contributed by atoms with Gasteiger partial charge in [-0.3, -0.25) is 0 Å². The summed E-state index contributed by atoms with van der Waals surface area (Å²) in [4.78, 5) is 0. The van der Waals surface area contributed by atoms with E-state index in [1.54, 1.807) is 7.11 Å². The number of benzene rings is 1. The van der Waals surface area contributed by atoms with Gasteiger partial charge in [-0.15, -0.1) is 0 Å². The summed E-state index contributed by atoms with van der Waals surface area (Å²) in [5.74, 6) is 0. The van der Waals surface area contributed by atoms with Crippen LogP contribution in [0.1, 0.15) is 32.3 Å². The molecule has 0 bridgehead atoms. The van der Waals surface area contributed by atoms with Crippen LogP contribution in [0.25, 0.3) is 0 Å². The van der Waals surface area contributed by atoms with Gasteiger partial charge in [-0.25, -0.2) is 0 Å². The first kappa shape index (κ1) is 13.9. The van der Waals surface area contributed by atoms with E-state index in [-0.39, 0.29) is 11.0 Å². The molecule has 0 atom stereocenters. The molecule has 3 heteroatoms. The molecule has 0 aromatic heterocycles. The number of hydrogen-bond donors (Lipinski definition) is 1. The monoisotopic (exact) mass is 267 g/mol. The number of halogens is 1. The van der Waals surface area contributed by atoms with E-state index in [0.29, 0.717) is 0 Å². The summed E-state index contributed by atoms with van der Waals surface area (Å²) < 4.78 is 5.52. The minimum absolute atomic E-state index is 0.0466. The van der Waals surface area contributed by atoms with Crippen LogP contribution in [-0.2, 0) is 10.2 Å². The second kappa shape index (κ2) is 5.20. The van der Waals surface area contributed by atoms with Gasteiger partial charge in [0.05, 0.1) is 5.60 Å². The number of ether oxygens (including phenoxy) is 1. The van der Waals surface area contributed by atoms with Crippen LogP contribution in [-0.4, -0.2) is 25.8 Å². The van der Waals surface area contributed by atoms with Crippen LogP contribution in [0.3, 0.4) is 0 Å². The van der Waals surface area contributed by atoms with Crippen LogP contribution >= 0.6 is 11.6 Å². The molecule has 1 aromatic rings. The molecule has 2 nitrogen and oxygen atoms in total. The maximum atomic E-state index is 5.96. The molecule has 0 radical (unpaired) electrons. The second-order valence-electron chi connectivity index (χ2n) is 5.85. The molecule has 1 saturated heterocycles. The first-order valence-corrected chi connectivity index (χ1v) is 6.87. The summed E-state index contributed by atoms with van der Waals surface area (Å²) in [6, 6.07) is 8.28. The Kier molecular flexibility index (Phi) is 4.00. The highest BCUT2D eigenvalue weighted by atomic mass is 35.5. The van der Waals surface area contributed by atoms with Crippen LogP contribution in [0.4, 0.5) is 0 Å². The van der Waals surface area contributed by atoms with Gasteiger partial charge in [0.15, 0.2) is 0 Å². The van der Waals surface area contributed by atoms with Crippen molar-refractivity contribution in [2.24, 2.45) is 0 Å². The Hall–Kier alpha value is -0.570. The van der Waals surface area contributed by atoms with Crippen LogP contribution in [0.15, 0.2) is 24.3 Å². The van der Waals surface area contributed by atoms with E-state index in [1.165, 1.54) is 5.56 Å². The van der Waals surface area contributed by atoms with Crippen molar-refractivity contribution in [1.29, 1.82) is 0 Å². The van der Waals surface area contributed by atoms with Gasteiger partial charge < -0.3 is 10.1 Å². The lowest BCUT2D eigenvalue weighted by molar-refractivity contribution is 0.00566. The largest absolute Gasteiger partial charge is 0.379 e. The maximum absolute atomic E-state index is 5.96. The molecule has 100 valence electrons. The fourth-order valence-corrected chi connectivity index (χ4v) is 2.52. The molecule has 1 N–H and O–H groups in total. The number of nitrogens with one attached hydrogen (secondary N) is 1. The van der Waals surface area contributed by atoms with E-state index >= 15 is 0 Å². The highest BCUT2D eigenvalue weighted by Gasteiger charge is 2.39. The Morgan fingerprint density at radius 3 is 2.33 bits per heavy atom. The highest BCUT2D eigenvalue weighted by Crippen LogP contribution is 2.36. The van der Waals surface area contributed by atoms with Crippen molar-refractivity contribution >= 4 is 11.6 Å². The van der Waals surface area contributed by atoms with Gasteiger partial charge in [0, 0.05) is 30.6 Å². The molecule has 18 heavy (non-hydrogen) atoms. The van der Waals surface area contributed by atoms with Crippen molar-refractivity contribution in [3.8, 4) is 0 Å². The normalized spacial score (nSPS) is 18.4. The zero-order chi connectivity index (χ0) is 13.2. The molecule has 0 amide bonds. The summed E-state index contributed by atoms with van der Waals surface area (Å²) in [6.45, 7) is 6.40. The molecule has 2 rings (SSSR count). The SMILES string of the molecule is COC(C)(C)CCC1(c2ccc(Cl)cc2)CNC1. The molecular formula is C15H22ClNO. The molecule has 0 saturated carbocycles. The van der Waals surface area contributed by atoms with E-state index in [1.807, 2.05) is 12.1 Å². The third-order valence-corrected chi connectivity index (χ3v) is 4.39. The fourth-order valence-electron chi connectivity index (χ4n) is 2.40. The summed E-state index contributed by atoms with van der Waals surface area (Å²) in [5, 5.41) is 4.20. The van der Waals surface area contributed by atoms with E-state index in [0.717, 1.165) is 31.0 Å². The number of rotatable bonds is 5. The highest BCUT2D eigenvalue weighted by molar-refractivity contribution is 6.30. The van der Waals surface area contributed by atoms with Gasteiger partial charge in [0.1, 0.15) is 0 Å². The summed E-state index contributed by atoms with van der Waals surface area (Å²) in [7, 11) is 1.79. The smallest absolute Gasteiger partial charge is 0.0623 e. The predicted molar refractivity (Wildman–Crippen MR) is 76.3 cm³/mol. The average Bonchev–Trinajstić information content (AvgIpc) is 2.30. The van der Waals surface area contributed by atoms with Gasteiger partial charge in [0.2, 0.25) is 0 Å². The van der Waals surface area contributed by atoms with E-state index in [4.69, 9.17) is 16.3 Å². The van der Waals surface area contributed by atoms with Gasteiger partial charge in [-0.2, -0.15) is 0 Å². The molecule has 0 aliphatic carbocycles. The van der Waals surface area contributed by atoms with Crippen molar-refractivity contribution in [2.45, 2.75) is 37.7 Å². The van der Waals surface area contributed by atoms with Crippen LogP contribution in [0.5, 0.6) is 0 Å². The Balaban J connectivity index is 2.09. The van der Waals surface area contributed by atoms with Crippen molar-refractivity contribution in [2.75, 3.05) is 20.2 Å². The van der Waals surface area contributed by atoms with Crippen molar-refractivity contribution in [1.82, 2.24) is 5.32 Å². The van der Waals surface area contributed by atoms with Crippen LogP contribution in [0, 0.1) is 0 Å². The minimum Gasteiger partial charge on any atom is -0.379 e. The lowest BCUT2D eigenvalue weighted by Crippen LogP contribution is -2.57. The summed E-state index contributed by atoms with van der Waals surface area (Å²) >= 11 is 5.96. The fraction of sp³-hybridized carbons (Fsp3) is 0.600. The van der Waals surface area contributed by atoms with Crippen LogP contribution < -0.4 is 5.32 Å². The first-order valence-electron chi connectivity index (χ1n) is 6.49. The zero-order valence-corrected chi connectivity index (χ0v) is 12.2. The van der Waals surface area contributed by atoms with E-state index in [2.05, 4.69) is 31.3 Å². The van der Waals surface area contributed by atoms with Gasteiger partial charge >= 0.3 is 0 Å². The van der Waals surface area contributed by atoms with Crippen molar-refractivity contribution in [3.63, 3.8) is 0 Å². The summed E-state index contributed by atoms with van der Waals surface area (Å²) in [5.41, 5.74) is 1.60. The number of hydrogen-bond acceptors (Lipinski definition) is 2. The minimum atomic E-state index is -0.0466. The third-order valence-electron chi connectivity index (χ3n) is 4.14. The molecule has 1 fully saturated rings. The quantitative estimate of drug-likeness (QED) is 0.883. The third kappa shape index (κ3) is 2.87. The van der Waals surface area contributed by atoms with Gasteiger partial charge in [0.25, 0.3) is 0 Å². The second-order valence-corrected chi connectivity index (χ2v) is 6.29. The molecule has 0 spiro atoms. The molecule has 0 unspecified atom stereocenters. The Labute approximate surface area is 115 Å². The average molecular weight is 268 g/mol. The predicted octanol–water partition coefficient (Wildman–Crippen LogP) is 3.39. The molecule has 1 aliphatic heterocycles. The number of methoxy groups -OCH3 is 1. The first-order chi connectivity index (χ1) is 8.47. The zero-order valence-electron chi connectivity index (χ0n) is 11.4. The molecule has 1 heterocycles. The lowest BCUT2D eigenvalue weighted by Gasteiger charge is -2.45. The molecule has 1 aliphatic rings. The Bertz CT molecular complexity index is 395. The lowest BCUT2D eigenvalue weighted by atomic mass is 9.70. The van der Waals surface area contributed by atoms with Gasteiger partial charge in [-0.1, -0.05) is 23.7 Å². The van der Waals surface area contributed by atoms with Crippen LogP contribution in [0.2, 0.25) is 5.02 Å². The van der Waals surface area contributed by atoms with Gasteiger partial charge in [-0.05, 0) is 44.4 Å².